The number of ether oxygens (including phenoxy) is 1. The van der Waals surface area contributed by atoms with Gasteiger partial charge in [0.25, 0.3) is 0 Å². The summed E-state index contributed by atoms with van der Waals surface area (Å²) < 4.78 is 19.1. The molecule has 26 heavy (non-hydrogen) atoms. The summed E-state index contributed by atoms with van der Waals surface area (Å²) >= 11 is 6.73. The Morgan fingerprint density at radius 1 is 1.31 bits per heavy atom. The van der Waals surface area contributed by atoms with Gasteiger partial charge in [0, 0.05) is 35.4 Å². The molecule has 0 fully saturated rings. The van der Waals surface area contributed by atoms with E-state index in [9.17, 15) is 4.39 Å². The van der Waals surface area contributed by atoms with Gasteiger partial charge in [-0.25, -0.2) is 9.37 Å². The number of thiazole rings is 1. The summed E-state index contributed by atoms with van der Waals surface area (Å²) in [6, 6.07) is 8.60. The number of nitrogens with one attached hydrogen (secondary N) is 2. The Morgan fingerprint density at radius 2 is 2.19 bits per heavy atom. The van der Waals surface area contributed by atoms with Crippen molar-refractivity contribution < 1.29 is 9.13 Å². The molecule has 0 saturated heterocycles. The minimum atomic E-state index is -0.286. The van der Waals surface area contributed by atoms with Crippen molar-refractivity contribution in [3.8, 4) is 17.0 Å². The number of nitrogens with zero attached hydrogens (tertiary/aromatic N) is 2. The highest BCUT2D eigenvalue weighted by Crippen LogP contribution is 2.24. The lowest BCUT2D eigenvalue weighted by Crippen LogP contribution is -2.30. The van der Waals surface area contributed by atoms with Gasteiger partial charge < -0.3 is 15.4 Å². The predicted octanol–water partition coefficient (Wildman–Crippen LogP) is 3.88. The summed E-state index contributed by atoms with van der Waals surface area (Å²) in [5.41, 5.74) is 2.31. The van der Waals surface area contributed by atoms with Crippen molar-refractivity contribution in [2.45, 2.75) is 6.42 Å². The smallest absolute Gasteiger partial charge is 0.189 e. The largest absolute Gasteiger partial charge is 0.496 e. The second-order valence-electron chi connectivity index (χ2n) is 5.33. The van der Waals surface area contributed by atoms with E-state index in [4.69, 9.17) is 17.0 Å². The Balaban J connectivity index is 1.53. The van der Waals surface area contributed by atoms with Crippen molar-refractivity contribution in [2.24, 2.45) is 0 Å². The zero-order chi connectivity index (χ0) is 18.4. The summed E-state index contributed by atoms with van der Waals surface area (Å²) in [6.07, 6.45) is 3.94. The minimum Gasteiger partial charge on any atom is -0.496 e. The van der Waals surface area contributed by atoms with Crippen LogP contribution in [0.5, 0.6) is 5.75 Å². The lowest BCUT2D eigenvalue weighted by atomic mass is 10.1. The molecular formula is C18H17FN4OS2. The minimum absolute atomic E-state index is 0.286. The van der Waals surface area contributed by atoms with Crippen molar-refractivity contribution in [1.29, 1.82) is 0 Å². The fraction of sp³-hybridized carbons (Fsp3) is 0.167. The second-order valence-corrected chi connectivity index (χ2v) is 6.60. The van der Waals surface area contributed by atoms with E-state index < -0.39 is 0 Å². The van der Waals surface area contributed by atoms with Gasteiger partial charge in [0.05, 0.1) is 12.8 Å². The molecule has 0 spiro atoms. The van der Waals surface area contributed by atoms with Crippen LogP contribution in [0.4, 0.5) is 9.52 Å². The molecule has 0 radical (unpaired) electrons. The summed E-state index contributed by atoms with van der Waals surface area (Å²) in [6.45, 7) is 0.476. The average Bonchev–Trinajstić information content (AvgIpc) is 3.12. The normalized spacial score (nSPS) is 10.4. The fourth-order valence-corrected chi connectivity index (χ4v) is 3.38. The Hall–Kier alpha value is -2.58. The summed E-state index contributed by atoms with van der Waals surface area (Å²) in [5.74, 6) is 0.248. The van der Waals surface area contributed by atoms with E-state index in [0.29, 0.717) is 34.5 Å². The van der Waals surface area contributed by atoms with Crippen molar-refractivity contribution in [1.82, 2.24) is 15.3 Å². The number of pyridine rings is 1. The van der Waals surface area contributed by atoms with E-state index in [2.05, 4.69) is 20.6 Å². The topological polar surface area (TPSA) is 59.1 Å². The van der Waals surface area contributed by atoms with Gasteiger partial charge in [-0.15, -0.1) is 11.3 Å². The molecule has 134 valence electrons. The zero-order valence-corrected chi connectivity index (χ0v) is 15.7. The second kappa shape index (κ2) is 8.68. The van der Waals surface area contributed by atoms with Gasteiger partial charge in [-0.05, 0) is 42.9 Å². The van der Waals surface area contributed by atoms with E-state index in [1.165, 1.54) is 24.5 Å². The van der Waals surface area contributed by atoms with Gasteiger partial charge in [0.15, 0.2) is 10.2 Å². The number of benzene rings is 1. The Labute approximate surface area is 160 Å². The maximum atomic E-state index is 13.9. The van der Waals surface area contributed by atoms with E-state index >= 15 is 0 Å². The molecule has 0 amide bonds. The SMILES string of the molecule is COc1cccc(F)c1CCNC(=S)Nc1nc(-c2cccnc2)cs1. The molecule has 2 heterocycles. The van der Waals surface area contributed by atoms with Crippen LogP contribution < -0.4 is 15.4 Å². The number of halogens is 1. The van der Waals surface area contributed by atoms with Crippen molar-refractivity contribution in [3.63, 3.8) is 0 Å². The highest BCUT2D eigenvalue weighted by Gasteiger charge is 2.10. The molecule has 0 aliphatic heterocycles. The molecule has 3 aromatic rings. The van der Waals surface area contributed by atoms with Gasteiger partial charge in [-0.1, -0.05) is 6.07 Å². The number of anilines is 1. The zero-order valence-electron chi connectivity index (χ0n) is 14.0. The van der Waals surface area contributed by atoms with Gasteiger partial charge in [0.1, 0.15) is 11.6 Å². The van der Waals surface area contributed by atoms with Crippen molar-refractivity contribution >= 4 is 33.8 Å². The third-order valence-corrected chi connectivity index (χ3v) is 4.64. The van der Waals surface area contributed by atoms with Crippen LogP contribution in [0.1, 0.15) is 5.56 Å². The molecule has 8 heteroatoms. The van der Waals surface area contributed by atoms with Crippen LogP contribution in [0.3, 0.4) is 0 Å². The van der Waals surface area contributed by atoms with Crippen LogP contribution in [0, 0.1) is 5.82 Å². The van der Waals surface area contributed by atoms with Gasteiger partial charge in [0.2, 0.25) is 0 Å². The van der Waals surface area contributed by atoms with Crippen LogP contribution in [0.25, 0.3) is 11.3 Å². The standard InChI is InChI=1S/C18H17FN4OS2/c1-24-16-6-2-5-14(19)13(16)7-9-21-17(25)23-18-22-15(11-26-18)12-4-3-8-20-10-12/h2-6,8,10-11H,7,9H2,1H3,(H2,21,22,23,25). The van der Waals surface area contributed by atoms with E-state index in [-0.39, 0.29) is 5.82 Å². The molecule has 3 rings (SSSR count). The molecule has 2 N–H and O–H groups in total. The molecule has 0 unspecified atom stereocenters. The molecule has 0 saturated carbocycles. The molecule has 0 aliphatic carbocycles. The first-order valence-corrected chi connectivity index (χ1v) is 9.18. The summed E-state index contributed by atoms with van der Waals surface area (Å²) in [4.78, 5) is 8.58. The van der Waals surface area contributed by atoms with Crippen LogP contribution in [0.2, 0.25) is 0 Å². The maximum Gasteiger partial charge on any atom is 0.189 e. The highest BCUT2D eigenvalue weighted by molar-refractivity contribution is 7.80. The van der Waals surface area contributed by atoms with Crippen LogP contribution in [-0.4, -0.2) is 28.7 Å². The first-order valence-electron chi connectivity index (χ1n) is 7.89. The van der Waals surface area contributed by atoms with E-state index in [0.717, 1.165) is 11.3 Å². The first-order chi connectivity index (χ1) is 12.7. The quantitative estimate of drug-likeness (QED) is 0.625. The van der Waals surface area contributed by atoms with E-state index in [1.54, 1.807) is 24.5 Å². The fourth-order valence-electron chi connectivity index (χ4n) is 2.39. The first kappa shape index (κ1) is 18.2. The van der Waals surface area contributed by atoms with Gasteiger partial charge in [-0.2, -0.15) is 0 Å². The van der Waals surface area contributed by atoms with Gasteiger partial charge >= 0.3 is 0 Å². The highest BCUT2D eigenvalue weighted by atomic mass is 32.1. The lowest BCUT2D eigenvalue weighted by molar-refractivity contribution is 0.404. The molecule has 1 aromatic carbocycles. The monoisotopic (exact) mass is 388 g/mol. The number of rotatable bonds is 6. The van der Waals surface area contributed by atoms with Crippen LogP contribution in [-0.2, 0) is 6.42 Å². The Kier molecular flexibility index (Phi) is 6.08. The van der Waals surface area contributed by atoms with Crippen LogP contribution in [0.15, 0.2) is 48.1 Å². The third kappa shape index (κ3) is 4.53. The molecule has 2 aromatic heterocycles. The third-order valence-electron chi connectivity index (χ3n) is 3.64. The molecule has 0 atom stereocenters. The lowest BCUT2D eigenvalue weighted by Gasteiger charge is -2.11. The van der Waals surface area contributed by atoms with Crippen molar-refractivity contribution in [3.05, 3.63) is 59.5 Å². The Morgan fingerprint density at radius 3 is 2.96 bits per heavy atom. The van der Waals surface area contributed by atoms with E-state index in [1.807, 2.05) is 17.5 Å². The molecule has 5 nitrogen and oxygen atoms in total. The molecule has 0 bridgehead atoms. The number of hydrogen-bond acceptors (Lipinski definition) is 5. The summed E-state index contributed by atoms with van der Waals surface area (Å²) in [7, 11) is 1.53. The molecular weight excluding hydrogens is 371 g/mol. The molecule has 0 aliphatic rings. The van der Waals surface area contributed by atoms with Crippen molar-refractivity contribution in [2.75, 3.05) is 19.0 Å². The predicted molar refractivity (Wildman–Crippen MR) is 106 cm³/mol. The summed E-state index contributed by atoms with van der Waals surface area (Å²) in [5, 5.41) is 9.16. The number of aromatic nitrogens is 2. The number of hydrogen-bond donors (Lipinski definition) is 2. The maximum absolute atomic E-state index is 13.9. The Bertz CT molecular complexity index is 886. The number of thiocarbonyl (C=S) groups is 1. The van der Waals surface area contributed by atoms with Gasteiger partial charge in [-0.3, -0.25) is 4.98 Å². The van der Waals surface area contributed by atoms with Crippen LogP contribution >= 0.6 is 23.6 Å². The number of methoxy groups -OCH3 is 1. The average molecular weight is 388 g/mol.